The molecule has 1 amide bonds. The zero-order chi connectivity index (χ0) is 27.5. The largest absolute Gasteiger partial charge is 0.463 e. The molecule has 1 heterocycles. The number of carbonyl (C=O) groups excluding carboxylic acids is 5. The molecule has 1 saturated heterocycles. The number of rotatable bonds is 10. The number of esters is 4. The molecule has 0 spiro atoms. The Bertz CT molecular complexity index is 818. The fraction of sp³-hybridized carbons (Fsp3) is 0.696. The Morgan fingerprint density at radius 3 is 1.89 bits per heavy atom. The molecular weight excluding hydrogens is 482 g/mol. The second kappa shape index (κ2) is 14.4. The van der Waals surface area contributed by atoms with Gasteiger partial charge in [-0.25, -0.2) is 4.79 Å². The quantitative estimate of drug-likeness (QED) is 0.250. The Labute approximate surface area is 209 Å². The van der Waals surface area contributed by atoms with Crippen molar-refractivity contribution in [3.05, 3.63) is 12.2 Å². The van der Waals surface area contributed by atoms with Gasteiger partial charge >= 0.3 is 30.0 Å². The van der Waals surface area contributed by atoms with Crippen molar-refractivity contribution < 1.29 is 57.1 Å². The van der Waals surface area contributed by atoms with E-state index in [2.05, 4.69) is 5.32 Å². The fourth-order valence-corrected chi connectivity index (χ4v) is 3.08. The molecule has 1 aliphatic heterocycles. The van der Waals surface area contributed by atoms with E-state index >= 15 is 0 Å². The third kappa shape index (κ3) is 12.0. The van der Waals surface area contributed by atoms with Gasteiger partial charge in [-0.15, -0.1) is 0 Å². The van der Waals surface area contributed by atoms with Gasteiger partial charge in [-0.05, 0) is 20.8 Å². The molecule has 1 rings (SSSR count). The summed E-state index contributed by atoms with van der Waals surface area (Å²) in [5, 5.41) is 2.54. The molecule has 5 atom stereocenters. The number of nitrogens with one attached hydrogen (secondary N) is 1. The second-order valence-electron chi connectivity index (χ2n) is 8.76. The van der Waals surface area contributed by atoms with E-state index in [4.69, 9.17) is 33.2 Å². The maximum atomic E-state index is 11.8. The van der Waals surface area contributed by atoms with Gasteiger partial charge in [-0.3, -0.25) is 19.2 Å². The Kier molecular flexibility index (Phi) is 12.3. The van der Waals surface area contributed by atoms with E-state index < -0.39 is 66.3 Å². The average molecular weight is 518 g/mol. The number of hydrogen-bond acceptors (Lipinski definition) is 12. The molecule has 0 saturated carbocycles. The lowest BCUT2D eigenvalue weighted by Gasteiger charge is -2.43. The summed E-state index contributed by atoms with van der Waals surface area (Å²) in [6, 6.07) is 0. The normalized spacial score (nSPS) is 23.9. The van der Waals surface area contributed by atoms with Crippen LogP contribution in [-0.4, -0.2) is 86.0 Å². The zero-order valence-electron chi connectivity index (χ0n) is 21.6. The predicted molar refractivity (Wildman–Crippen MR) is 121 cm³/mol. The number of amides is 1. The molecule has 0 aliphatic carbocycles. The summed E-state index contributed by atoms with van der Waals surface area (Å²) in [4.78, 5) is 58.3. The fourth-order valence-electron chi connectivity index (χ4n) is 3.08. The molecule has 1 aliphatic rings. The highest BCUT2D eigenvalue weighted by molar-refractivity contribution is 5.69. The van der Waals surface area contributed by atoms with Crippen molar-refractivity contribution in [3.63, 3.8) is 0 Å². The number of carbonyl (C=O) groups is 5. The van der Waals surface area contributed by atoms with Crippen LogP contribution in [0.2, 0.25) is 0 Å². The van der Waals surface area contributed by atoms with E-state index in [1.807, 2.05) is 0 Å². The van der Waals surface area contributed by atoms with Crippen LogP contribution in [0.5, 0.6) is 0 Å². The van der Waals surface area contributed by atoms with Crippen LogP contribution in [0, 0.1) is 0 Å². The van der Waals surface area contributed by atoms with Gasteiger partial charge in [0, 0.05) is 34.2 Å². The van der Waals surface area contributed by atoms with Gasteiger partial charge < -0.3 is 38.5 Å². The number of ether oxygens (including phenoxy) is 7. The van der Waals surface area contributed by atoms with Crippen LogP contribution in [0.25, 0.3) is 0 Å². The zero-order valence-corrected chi connectivity index (χ0v) is 21.6. The Morgan fingerprint density at radius 2 is 1.36 bits per heavy atom. The third-order valence-electron chi connectivity index (χ3n) is 4.23. The van der Waals surface area contributed by atoms with Crippen LogP contribution in [0.4, 0.5) is 4.79 Å². The van der Waals surface area contributed by atoms with Gasteiger partial charge in [0.05, 0.1) is 6.61 Å². The Hall–Kier alpha value is -3.19. The van der Waals surface area contributed by atoms with Gasteiger partial charge in [-0.1, -0.05) is 12.2 Å². The summed E-state index contributed by atoms with van der Waals surface area (Å²) in [6.45, 7) is 9.52. The van der Waals surface area contributed by atoms with E-state index in [1.54, 1.807) is 32.9 Å². The smallest absolute Gasteiger partial charge is 0.407 e. The molecule has 0 bridgehead atoms. The highest BCUT2D eigenvalue weighted by atomic mass is 16.7. The maximum absolute atomic E-state index is 11.8. The lowest BCUT2D eigenvalue weighted by atomic mass is 9.98. The summed E-state index contributed by atoms with van der Waals surface area (Å²) >= 11 is 0. The third-order valence-corrected chi connectivity index (χ3v) is 4.23. The molecular formula is C23H35NO12. The molecule has 13 nitrogen and oxygen atoms in total. The lowest BCUT2D eigenvalue weighted by Crippen LogP contribution is -2.62. The van der Waals surface area contributed by atoms with Crippen LogP contribution < -0.4 is 5.32 Å². The molecule has 0 unspecified atom stereocenters. The lowest BCUT2D eigenvalue weighted by molar-refractivity contribution is -0.305. The van der Waals surface area contributed by atoms with Crippen LogP contribution >= 0.6 is 0 Å². The average Bonchev–Trinajstić information content (AvgIpc) is 2.70. The molecule has 0 radical (unpaired) electrons. The van der Waals surface area contributed by atoms with Crippen molar-refractivity contribution >= 4 is 30.0 Å². The van der Waals surface area contributed by atoms with Crippen LogP contribution in [-0.2, 0) is 52.3 Å². The van der Waals surface area contributed by atoms with Gasteiger partial charge in [-0.2, -0.15) is 0 Å². The summed E-state index contributed by atoms with van der Waals surface area (Å²) in [5.74, 6) is -2.82. The van der Waals surface area contributed by atoms with E-state index in [0.717, 1.165) is 20.8 Å². The standard InChI is InChI=1S/C23H35NO12/c1-13(25)31-12-17-18(32-14(2)26)19(33-15(3)27)20(34-16(4)28)21(35-17)30-11-9-8-10-24-22(29)36-23(5,6)7/h8-9,17-21H,10-12H2,1-7H3,(H,24,29)/b9-8-/t17-,18-,19+,20-,21+/m1/s1. The van der Waals surface area contributed by atoms with Gasteiger partial charge in [0.15, 0.2) is 24.6 Å². The van der Waals surface area contributed by atoms with Crippen LogP contribution in [0.1, 0.15) is 48.5 Å². The van der Waals surface area contributed by atoms with Crippen molar-refractivity contribution in [1.29, 1.82) is 0 Å². The summed E-state index contributed by atoms with van der Waals surface area (Å²) < 4.78 is 37.5. The highest BCUT2D eigenvalue weighted by Gasteiger charge is 2.52. The molecule has 1 N–H and O–H groups in total. The molecule has 1 fully saturated rings. The predicted octanol–water partition coefficient (Wildman–Crippen LogP) is 1.17. The minimum atomic E-state index is -1.31. The highest BCUT2D eigenvalue weighted by Crippen LogP contribution is 2.30. The molecule has 0 aromatic carbocycles. The molecule has 0 aromatic rings. The Morgan fingerprint density at radius 1 is 0.806 bits per heavy atom. The van der Waals surface area contributed by atoms with Crippen molar-refractivity contribution in [1.82, 2.24) is 5.32 Å². The summed E-state index contributed by atoms with van der Waals surface area (Å²) in [5.41, 5.74) is -0.633. The van der Waals surface area contributed by atoms with E-state index in [0.29, 0.717) is 0 Å². The minimum Gasteiger partial charge on any atom is -0.463 e. The molecule has 0 aromatic heterocycles. The summed E-state index contributed by atoms with van der Waals surface area (Å²) in [7, 11) is 0. The summed E-state index contributed by atoms with van der Waals surface area (Å²) in [6.07, 6.45) is -3.70. The first-order valence-electron chi connectivity index (χ1n) is 11.2. The molecule has 13 heteroatoms. The first kappa shape index (κ1) is 30.8. The second-order valence-corrected chi connectivity index (χ2v) is 8.76. The number of alkyl carbamates (subject to hydrolysis) is 1. The van der Waals surface area contributed by atoms with Crippen molar-refractivity contribution in [2.75, 3.05) is 19.8 Å². The van der Waals surface area contributed by atoms with Crippen molar-refractivity contribution in [3.8, 4) is 0 Å². The molecule has 204 valence electrons. The van der Waals surface area contributed by atoms with Crippen molar-refractivity contribution in [2.24, 2.45) is 0 Å². The van der Waals surface area contributed by atoms with E-state index in [1.165, 1.54) is 6.92 Å². The van der Waals surface area contributed by atoms with Gasteiger partial charge in [0.2, 0.25) is 0 Å². The van der Waals surface area contributed by atoms with Crippen LogP contribution in [0.3, 0.4) is 0 Å². The monoisotopic (exact) mass is 517 g/mol. The SMILES string of the molecule is CC(=O)OC[C@H]1O[C@H](OC/C=C\CNC(=O)OC(C)(C)C)[C@H](OC(C)=O)[C@@H](OC(C)=O)[C@@H]1OC(C)=O. The first-order chi connectivity index (χ1) is 16.7. The van der Waals surface area contributed by atoms with E-state index in [9.17, 15) is 24.0 Å². The maximum Gasteiger partial charge on any atom is 0.407 e. The van der Waals surface area contributed by atoms with Crippen molar-refractivity contribution in [2.45, 2.75) is 84.8 Å². The van der Waals surface area contributed by atoms with Gasteiger partial charge in [0.25, 0.3) is 0 Å². The van der Waals surface area contributed by atoms with Gasteiger partial charge in [0.1, 0.15) is 18.3 Å². The number of hydrogen-bond donors (Lipinski definition) is 1. The molecule has 36 heavy (non-hydrogen) atoms. The van der Waals surface area contributed by atoms with E-state index in [-0.39, 0.29) is 19.8 Å². The topological polar surface area (TPSA) is 162 Å². The minimum absolute atomic E-state index is 0.0657. The van der Waals surface area contributed by atoms with Crippen LogP contribution in [0.15, 0.2) is 12.2 Å². The first-order valence-corrected chi connectivity index (χ1v) is 11.2. The Balaban J connectivity index is 2.99.